The van der Waals surface area contributed by atoms with Crippen molar-refractivity contribution in [1.82, 2.24) is 9.97 Å². The van der Waals surface area contributed by atoms with E-state index in [1.54, 1.807) is 11.3 Å². The summed E-state index contributed by atoms with van der Waals surface area (Å²) in [5, 5.41) is 0. The molecule has 2 heterocycles. The average Bonchev–Trinajstić information content (AvgIpc) is 2.84. The SMILES string of the molecule is Nc1cccc2[nH]c(-c3ccc(Br)s3)nc12. The van der Waals surface area contributed by atoms with Crippen LogP contribution in [0.25, 0.3) is 21.7 Å². The first-order valence-electron chi connectivity index (χ1n) is 4.74. The van der Waals surface area contributed by atoms with Gasteiger partial charge in [0.05, 0.1) is 19.9 Å². The van der Waals surface area contributed by atoms with Crippen molar-refractivity contribution in [2.45, 2.75) is 0 Å². The van der Waals surface area contributed by atoms with E-state index in [1.807, 2.05) is 30.3 Å². The predicted octanol–water partition coefficient (Wildman–Crippen LogP) is 3.64. The topological polar surface area (TPSA) is 54.7 Å². The van der Waals surface area contributed by atoms with Crippen LogP contribution in [0.1, 0.15) is 0 Å². The minimum absolute atomic E-state index is 0.704. The van der Waals surface area contributed by atoms with Crippen molar-refractivity contribution < 1.29 is 0 Å². The van der Waals surface area contributed by atoms with Crippen LogP contribution < -0.4 is 5.73 Å². The summed E-state index contributed by atoms with van der Waals surface area (Å²) in [5.41, 5.74) is 8.38. The molecule has 16 heavy (non-hydrogen) atoms. The van der Waals surface area contributed by atoms with Crippen molar-refractivity contribution in [3.05, 3.63) is 34.1 Å². The molecular weight excluding hydrogens is 286 g/mol. The number of thiophene rings is 1. The molecule has 3 rings (SSSR count). The third-order valence-corrected chi connectivity index (χ3v) is 3.98. The number of nitrogens with two attached hydrogens (primary N) is 1. The summed E-state index contributed by atoms with van der Waals surface area (Å²) in [6, 6.07) is 9.80. The van der Waals surface area contributed by atoms with Crippen LogP contribution in [0.15, 0.2) is 34.1 Å². The summed E-state index contributed by atoms with van der Waals surface area (Å²) >= 11 is 5.08. The number of aromatic amines is 1. The number of nitrogens with one attached hydrogen (secondary N) is 1. The Morgan fingerprint density at radius 1 is 1.25 bits per heavy atom. The van der Waals surface area contributed by atoms with Crippen LogP contribution in [0.5, 0.6) is 0 Å². The summed E-state index contributed by atoms with van der Waals surface area (Å²) in [7, 11) is 0. The maximum absolute atomic E-state index is 5.86. The second kappa shape index (κ2) is 3.61. The fraction of sp³-hybridized carbons (Fsp3) is 0. The van der Waals surface area contributed by atoms with Gasteiger partial charge in [0.25, 0.3) is 0 Å². The largest absolute Gasteiger partial charge is 0.397 e. The number of imidazole rings is 1. The van der Waals surface area contributed by atoms with Gasteiger partial charge in [-0.05, 0) is 40.2 Å². The lowest BCUT2D eigenvalue weighted by Gasteiger charge is -1.90. The van der Waals surface area contributed by atoms with Gasteiger partial charge in [-0.25, -0.2) is 4.98 Å². The Bertz CT molecular complexity index is 656. The lowest BCUT2D eigenvalue weighted by molar-refractivity contribution is 1.36. The molecule has 0 aliphatic rings. The van der Waals surface area contributed by atoms with Crippen molar-refractivity contribution in [2.24, 2.45) is 0 Å². The van der Waals surface area contributed by atoms with Gasteiger partial charge in [-0.3, -0.25) is 0 Å². The zero-order valence-electron chi connectivity index (χ0n) is 8.20. The van der Waals surface area contributed by atoms with Crippen LogP contribution >= 0.6 is 27.3 Å². The highest BCUT2D eigenvalue weighted by atomic mass is 79.9. The number of para-hydroxylation sites is 1. The molecule has 0 saturated heterocycles. The van der Waals surface area contributed by atoms with E-state index in [0.717, 1.165) is 25.5 Å². The Morgan fingerprint density at radius 3 is 2.81 bits per heavy atom. The fourth-order valence-electron chi connectivity index (χ4n) is 1.61. The Kier molecular flexibility index (Phi) is 2.22. The Morgan fingerprint density at radius 2 is 2.12 bits per heavy atom. The van der Waals surface area contributed by atoms with E-state index in [2.05, 4.69) is 25.9 Å². The maximum atomic E-state index is 5.86. The first-order chi connectivity index (χ1) is 7.74. The monoisotopic (exact) mass is 293 g/mol. The second-order valence-electron chi connectivity index (χ2n) is 3.43. The van der Waals surface area contributed by atoms with Crippen molar-refractivity contribution in [2.75, 3.05) is 5.73 Å². The summed E-state index contributed by atoms with van der Waals surface area (Å²) in [4.78, 5) is 8.87. The van der Waals surface area contributed by atoms with Crippen LogP contribution in [-0.4, -0.2) is 9.97 Å². The number of hydrogen-bond acceptors (Lipinski definition) is 3. The van der Waals surface area contributed by atoms with E-state index in [9.17, 15) is 0 Å². The van der Waals surface area contributed by atoms with E-state index < -0.39 is 0 Å². The molecule has 3 aromatic rings. The van der Waals surface area contributed by atoms with Crippen molar-refractivity contribution in [1.29, 1.82) is 0 Å². The van der Waals surface area contributed by atoms with Gasteiger partial charge in [-0.1, -0.05) is 6.07 Å². The van der Waals surface area contributed by atoms with E-state index in [4.69, 9.17) is 5.73 Å². The Labute approximate surface area is 104 Å². The Balaban J connectivity index is 2.22. The third kappa shape index (κ3) is 1.52. The van der Waals surface area contributed by atoms with E-state index in [1.165, 1.54) is 0 Å². The summed E-state index contributed by atoms with van der Waals surface area (Å²) in [6.45, 7) is 0. The number of H-pyrrole nitrogens is 1. The number of nitrogens with zero attached hydrogens (tertiary/aromatic N) is 1. The molecule has 1 aromatic carbocycles. The van der Waals surface area contributed by atoms with Crippen molar-refractivity contribution in [3.8, 4) is 10.7 Å². The maximum Gasteiger partial charge on any atom is 0.148 e. The van der Waals surface area contributed by atoms with Gasteiger partial charge in [0.1, 0.15) is 11.3 Å². The molecule has 3 N–H and O–H groups in total. The molecule has 0 atom stereocenters. The summed E-state index contributed by atoms with van der Waals surface area (Å²) < 4.78 is 1.09. The minimum atomic E-state index is 0.704. The second-order valence-corrected chi connectivity index (χ2v) is 5.90. The number of aromatic nitrogens is 2. The molecule has 0 spiro atoms. The van der Waals surface area contributed by atoms with Gasteiger partial charge in [0.2, 0.25) is 0 Å². The molecule has 3 nitrogen and oxygen atoms in total. The quantitative estimate of drug-likeness (QED) is 0.673. The lowest BCUT2D eigenvalue weighted by atomic mass is 10.3. The molecule has 80 valence electrons. The van der Waals surface area contributed by atoms with Gasteiger partial charge in [0.15, 0.2) is 0 Å². The molecule has 0 radical (unpaired) electrons. The molecule has 0 aliphatic carbocycles. The van der Waals surface area contributed by atoms with Crippen LogP contribution in [0, 0.1) is 0 Å². The standard InChI is InChI=1S/C11H8BrN3S/c12-9-5-4-8(16-9)11-14-7-3-1-2-6(13)10(7)15-11/h1-5H,13H2,(H,14,15). The number of fused-ring (bicyclic) bond motifs is 1. The first kappa shape index (κ1) is 9.86. The lowest BCUT2D eigenvalue weighted by Crippen LogP contribution is -1.84. The molecule has 2 aromatic heterocycles. The highest BCUT2D eigenvalue weighted by molar-refractivity contribution is 9.11. The predicted molar refractivity (Wildman–Crippen MR) is 71.5 cm³/mol. The molecule has 0 amide bonds. The highest BCUT2D eigenvalue weighted by Crippen LogP contribution is 2.31. The van der Waals surface area contributed by atoms with Gasteiger partial charge in [0, 0.05) is 0 Å². The van der Waals surface area contributed by atoms with Gasteiger partial charge in [-0.15, -0.1) is 11.3 Å². The van der Waals surface area contributed by atoms with E-state index in [-0.39, 0.29) is 0 Å². The number of anilines is 1. The van der Waals surface area contributed by atoms with Crippen molar-refractivity contribution in [3.63, 3.8) is 0 Å². The molecule has 0 aliphatic heterocycles. The fourth-order valence-corrected chi connectivity index (χ4v) is 2.94. The zero-order chi connectivity index (χ0) is 11.1. The normalized spacial score (nSPS) is 11.1. The zero-order valence-corrected chi connectivity index (χ0v) is 10.6. The molecular formula is C11H8BrN3S. The summed E-state index contributed by atoms with van der Waals surface area (Å²) in [5.74, 6) is 0.864. The van der Waals surface area contributed by atoms with Crippen LogP contribution in [0.3, 0.4) is 0 Å². The smallest absolute Gasteiger partial charge is 0.148 e. The molecule has 0 saturated carbocycles. The molecule has 0 fully saturated rings. The molecule has 0 bridgehead atoms. The number of nitrogen functional groups attached to an aromatic ring is 1. The van der Waals surface area contributed by atoms with Gasteiger partial charge >= 0.3 is 0 Å². The first-order valence-corrected chi connectivity index (χ1v) is 6.35. The van der Waals surface area contributed by atoms with E-state index in [0.29, 0.717) is 5.69 Å². The number of rotatable bonds is 1. The Hall–Kier alpha value is -1.33. The number of halogens is 1. The molecule has 5 heteroatoms. The van der Waals surface area contributed by atoms with Crippen LogP contribution in [0.4, 0.5) is 5.69 Å². The highest BCUT2D eigenvalue weighted by Gasteiger charge is 2.08. The van der Waals surface area contributed by atoms with Crippen LogP contribution in [-0.2, 0) is 0 Å². The summed E-state index contributed by atoms with van der Waals surface area (Å²) in [6.07, 6.45) is 0. The average molecular weight is 294 g/mol. The number of hydrogen-bond donors (Lipinski definition) is 2. The molecule has 0 unspecified atom stereocenters. The minimum Gasteiger partial charge on any atom is -0.397 e. The van der Waals surface area contributed by atoms with E-state index >= 15 is 0 Å². The number of benzene rings is 1. The van der Waals surface area contributed by atoms with Gasteiger partial charge in [-0.2, -0.15) is 0 Å². The van der Waals surface area contributed by atoms with Gasteiger partial charge < -0.3 is 10.7 Å². The van der Waals surface area contributed by atoms with Crippen LogP contribution in [0.2, 0.25) is 0 Å². The third-order valence-electron chi connectivity index (χ3n) is 2.35. The van der Waals surface area contributed by atoms with Crippen molar-refractivity contribution >= 4 is 44.0 Å².